The lowest BCUT2D eigenvalue weighted by atomic mass is 9.87. The lowest BCUT2D eigenvalue weighted by Crippen LogP contribution is -2.33. The minimum Gasteiger partial charge on any atom is -0.308 e. The van der Waals surface area contributed by atoms with Gasteiger partial charge in [0.15, 0.2) is 0 Å². The smallest absolute Gasteiger partial charge is 0.0762 e. The Morgan fingerprint density at radius 1 is 1.47 bits per heavy atom. The molecule has 1 saturated carbocycles. The summed E-state index contributed by atoms with van der Waals surface area (Å²) in [5.74, 6) is 0.884. The molecule has 0 saturated heterocycles. The quantitative estimate of drug-likeness (QED) is 0.869. The van der Waals surface area contributed by atoms with Crippen LogP contribution < -0.4 is 5.32 Å². The fourth-order valence-corrected chi connectivity index (χ4v) is 2.63. The monoisotopic (exact) mass is 235 g/mol. The lowest BCUT2D eigenvalue weighted by Gasteiger charge is -2.27. The molecule has 1 fully saturated rings. The van der Waals surface area contributed by atoms with Gasteiger partial charge in [-0.1, -0.05) is 19.8 Å². The zero-order valence-electron chi connectivity index (χ0n) is 11.3. The average molecular weight is 235 g/mol. The van der Waals surface area contributed by atoms with Gasteiger partial charge in [-0.2, -0.15) is 5.10 Å². The summed E-state index contributed by atoms with van der Waals surface area (Å²) in [5, 5.41) is 8.21. The lowest BCUT2D eigenvalue weighted by molar-refractivity contribution is 0.299. The predicted molar refractivity (Wildman–Crippen MR) is 70.9 cm³/mol. The normalized spacial score (nSPS) is 25.4. The average Bonchev–Trinajstić information content (AvgIpc) is 2.75. The Labute approximate surface area is 105 Å². The molecule has 1 N–H and O–H groups in total. The first kappa shape index (κ1) is 12.6. The molecular weight excluding hydrogens is 210 g/mol. The summed E-state index contributed by atoms with van der Waals surface area (Å²) < 4.78 is 2.03. The van der Waals surface area contributed by atoms with Crippen LogP contribution in [0.25, 0.3) is 0 Å². The minimum absolute atomic E-state index is 0.457. The van der Waals surface area contributed by atoms with Crippen molar-refractivity contribution in [2.45, 2.75) is 65.1 Å². The van der Waals surface area contributed by atoms with Crippen LogP contribution in [0.5, 0.6) is 0 Å². The van der Waals surface area contributed by atoms with E-state index in [1.54, 1.807) is 0 Å². The van der Waals surface area contributed by atoms with Gasteiger partial charge in [0.05, 0.1) is 5.69 Å². The molecule has 0 spiro atoms. The molecule has 2 atom stereocenters. The van der Waals surface area contributed by atoms with Gasteiger partial charge < -0.3 is 5.32 Å². The zero-order valence-corrected chi connectivity index (χ0v) is 11.3. The number of rotatable bonds is 4. The van der Waals surface area contributed by atoms with E-state index in [4.69, 9.17) is 0 Å². The molecule has 0 amide bonds. The van der Waals surface area contributed by atoms with Crippen molar-refractivity contribution in [3.8, 4) is 0 Å². The van der Waals surface area contributed by atoms with Crippen molar-refractivity contribution in [3.63, 3.8) is 0 Å². The second-order valence-corrected chi connectivity index (χ2v) is 5.73. The maximum absolute atomic E-state index is 4.57. The van der Waals surface area contributed by atoms with Gasteiger partial charge in [0.1, 0.15) is 0 Å². The van der Waals surface area contributed by atoms with E-state index in [1.807, 2.05) is 4.68 Å². The summed E-state index contributed by atoms with van der Waals surface area (Å²) in [6, 6.07) is 3.28. The van der Waals surface area contributed by atoms with Gasteiger partial charge in [-0.05, 0) is 38.7 Å². The molecule has 2 unspecified atom stereocenters. The summed E-state index contributed by atoms with van der Waals surface area (Å²) in [4.78, 5) is 0. The van der Waals surface area contributed by atoms with Crippen LogP contribution in [0.15, 0.2) is 12.3 Å². The fraction of sp³-hybridized carbons (Fsp3) is 0.786. The largest absolute Gasteiger partial charge is 0.308 e. The highest BCUT2D eigenvalue weighted by molar-refractivity contribution is 4.99. The highest BCUT2D eigenvalue weighted by atomic mass is 15.3. The van der Waals surface area contributed by atoms with Crippen molar-refractivity contribution in [1.82, 2.24) is 15.1 Å². The van der Waals surface area contributed by atoms with Crippen LogP contribution in [-0.4, -0.2) is 15.8 Å². The Morgan fingerprint density at radius 3 is 2.94 bits per heavy atom. The van der Waals surface area contributed by atoms with Crippen molar-refractivity contribution < 1.29 is 0 Å². The summed E-state index contributed by atoms with van der Waals surface area (Å²) in [5.41, 5.74) is 1.16. The van der Waals surface area contributed by atoms with Crippen LogP contribution in [0.3, 0.4) is 0 Å². The van der Waals surface area contributed by atoms with E-state index in [-0.39, 0.29) is 0 Å². The predicted octanol–water partition coefficient (Wildman–Crippen LogP) is 3.13. The zero-order chi connectivity index (χ0) is 12.3. The van der Waals surface area contributed by atoms with E-state index < -0.39 is 0 Å². The molecular formula is C14H25N3. The third-order valence-corrected chi connectivity index (χ3v) is 3.70. The van der Waals surface area contributed by atoms with Crippen LogP contribution >= 0.6 is 0 Å². The van der Waals surface area contributed by atoms with Crippen LogP contribution in [0, 0.1) is 5.92 Å². The molecule has 96 valence electrons. The Bertz CT molecular complexity index is 343. The molecule has 3 heteroatoms. The molecule has 2 rings (SSSR count). The molecule has 17 heavy (non-hydrogen) atoms. The molecule has 0 aliphatic heterocycles. The van der Waals surface area contributed by atoms with Gasteiger partial charge in [0, 0.05) is 24.8 Å². The maximum atomic E-state index is 4.57. The van der Waals surface area contributed by atoms with Gasteiger partial charge in [-0.15, -0.1) is 0 Å². The summed E-state index contributed by atoms with van der Waals surface area (Å²) in [6.45, 7) is 7.60. The molecule has 0 radical (unpaired) electrons. The highest BCUT2D eigenvalue weighted by Crippen LogP contribution is 2.23. The van der Waals surface area contributed by atoms with Gasteiger partial charge >= 0.3 is 0 Å². The summed E-state index contributed by atoms with van der Waals surface area (Å²) >= 11 is 0. The van der Waals surface area contributed by atoms with Crippen molar-refractivity contribution in [1.29, 1.82) is 0 Å². The van der Waals surface area contributed by atoms with Crippen LogP contribution in [0.1, 0.15) is 58.2 Å². The van der Waals surface area contributed by atoms with Gasteiger partial charge in [0.2, 0.25) is 0 Å². The third-order valence-electron chi connectivity index (χ3n) is 3.70. The Morgan fingerprint density at radius 2 is 2.29 bits per heavy atom. The van der Waals surface area contributed by atoms with E-state index in [9.17, 15) is 0 Å². The maximum Gasteiger partial charge on any atom is 0.0762 e. The summed E-state index contributed by atoms with van der Waals surface area (Å²) in [6.07, 6.45) is 7.50. The minimum atomic E-state index is 0.457. The Kier molecular flexibility index (Phi) is 4.21. The van der Waals surface area contributed by atoms with Gasteiger partial charge in [0.25, 0.3) is 0 Å². The first-order chi connectivity index (χ1) is 8.15. The van der Waals surface area contributed by atoms with E-state index in [2.05, 4.69) is 43.4 Å². The van der Waals surface area contributed by atoms with Crippen LogP contribution in [-0.2, 0) is 6.54 Å². The van der Waals surface area contributed by atoms with Crippen molar-refractivity contribution in [3.05, 3.63) is 18.0 Å². The molecule has 1 aliphatic carbocycles. The second-order valence-electron chi connectivity index (χ2n) is 5.73. The number of hydrogen-bond donors (Lipinski definition) is 1. The molecule has 1 heterocycles. The molecule has 1 aliphatic rings. The Balaban J connectivity index is 1.80. The number of nitrogens with one attached hydrogen (secondary N) is 1. The second kappa shape index (κ2) is 5.67. The Hall–Kier alpha value is -0.830. The van der Waals surface area contributed by atoms with E-state index >= 15 is 0 Å². The van der Waals surface area contributed by atoms with Crippen LogP contribution in [0.2, 0.25) is 0 Å². The number of hydrogen-bond acceptors (Lipinski definition) is 2. The number of nitrogens with zero attached hydrogens (tertiary/aromatic N) is 2. The molecule has 1 aromatic rings. The van der Waals surface area contributed by atoms with Gasteiger partial charge in [-0.25, -0.2) is 0 Å². The van der Waals surface area contributed by atoms with E-state index in [0.717, 1.165) is 18.2 Å². The fourth-order valence-electron chi connectivity index (χ4n) is 2.63. The third kappa shape index (κ3) is 3.56. The first-order valence-electron chi connectivity index (χ1n) is 6.92. The topological polar surface area (TPSA) is 29.9 Å². The van der Waals surface area contributed by atoms with Crippen molar-refractivity contribution >= 4 is 0 Å². The van der Waals surface area contributed by atoms with E-state index in [1.165, 1.54) is 25.7 Å². The summed E-state index contributed by atoms with van der Waals surface area (Å²) in [7, 11) is 0. The van der Waals surface area contributed by atoms with Crippen LogP contribution in [0.4, 0.5) is 0 Å². The SMILES string of the molecule is CC1CCCC(NCc2ccn(C(C)C)n2)C1. The molecule has 0 aromatic carbocycles. The molecule has 3 nitrogen and oxygen atoms in total. The van der Waals surface area contributed by atoms with Crippen molar-refractivity contribution in [2.75, 3.05) is 0 Å². The molecule has 0 bridgehead atoms. The number of aromatic nitrogens is 2. The van der Waals surface area contributed by atoms with E-state index in [0.29, 0.717) is 12.1 Å². The first-order valence-corrected chi connectivity index (χ1v) is 6.92. The highest BCUT2D eigenvalue weighted by Gasteiger charge is 2.18. The standard InChI is InChI=1S/C14H25N3/c1-11(2)17-8-7-14(16-17)10-15-13-6-4-5-12(3)9-13/h7-8,11-13,15H,4-6,9-10H2,1-3H3. The van der Waals surface area contributed by atoms with Crippen molar-refractivity contribution in [2.24, 2.45) is 5.92 Å². The molecule has 1 aromatic heterocycles. The van der Waals surface area contributed by atoms with Gasteiger partial charge in [-0.3, -0.25) is 4.68 Å².